The Kier molecular flexibility index (Phi) is 3.81. The van der Waals surface area contributed by atoms with Crippen LogP contribution in [0.15, 0.2) is 24.3 Å². The van der Waals surface area contributed by atoms with Crippen molar-refractivity contribution in [1.29, 1.82) is 0 Å². The van der Waals surface area contributed by atoms with E-state index in [1.54, 1.807) is 0 Å². The van der Waals surface area contributed by atoms with Gasteiger partial charge in [-0.3, -0.25) is 0 Å². The van der Waals surface area contributed by atoms with Gasteiger partial charge < -0.3 is 0 Å². The zero-order chi connectivity index (χ0) is 10.7. The molecule has 2 nitrogen and oxygen atoms in total. The fourth-order valence-corrected chi connectivity index (χ4v) is 3.97. The standard InChI is InChI=1S/C12H16O2Se/c1-9-2-4-10(5-3-9)6-14-12-8-15-7-11(12)13/h2-5,11-13H,6-8H2,1H3/t11-,12-/m1/s1. The van der Waals surface area contributed by atoms with E-state index in [1.807, 2.05) is 0 Å². The van der Waals surface area contributed by atoms with Crippen molar-refractivity contribution >= 4 is 15.0 Å². The Morgan fingerprint density at radius 2 is 2.07 bits per heavy atom. The SMILES string of the molecule is Cc1ccc(CO[C@@H]2C[Se]C[C@H]2O)cc1. The van der Waals surface area contributed by atoms with Gasteiger partial charge in [0, 0.05) is 0 Å². The van der Waals surface area contributed by atoms with Gasteiger partial charge in [0.25, 0.3) is 0 Å². The van der Waals surface area contributed by atoms with Crippen LogP contribution in [0.2, 0.25) is 10.6 Å². The Balaban J connectivity index is 1.85. The van der Waals surface area contributed by atoms with Crippen LogP contribution in [0.4, 0.5) is 0 Å². The summed E-state index contributed by atoms with van der Waals surface area (Å²) in [5.41, 5.74) is 2.45. The fourth-order valence-electron chi connectivity index (χ4n) is 1.57. The number of aliphatic hydroxyl groups is 1. The van der Waals surface area contributed by atoms with Gasteiger partial charge in [-0.05, 0) is 0 Å². The quantitative estimate of drug-likeness (QED) is 0.849. The summed E-state index contributed by atoms with van der Waals surface area (Å²) in [5.74, 6) is 0. The molecule has 15 heavy (non-hydrogen) atoms. The van der Waals surface area contributed by atoms with Crippen LogP contribution in [0.1, 0.15) is 11.1 Å². The molecule has 0 unspecified atom stereocenters. The van der Waals surface area contributed by atoms with Gasteiger partial charge in [0.2, 0.25) is 0 Å². The number of aryl methyl sites for hydroxylation is 1. The first-order valence-corrected chi connectivity index (χ1v) is 7.61. The molecule has 1 aliphatic heterocycles. The summed E-state index contributed by atoms with van der Waals surface area (Å²) in [6.45, 7) is 2.70. The molecule has 2 rings (SSSR count). The molecule has 1 heterocycles. The summed E-state index contributed by atoms with van der Waals surface area (Å²) in [5, 5.41) is 11.6. The van der Waals surface area contributed by atoms with Crippen molar-refractivity contribution in [3.63, 3.8) is 0 Å². The number of hydrogen-bond acceptors (Lipinski definition) is 2. The summed E-state index contributed by atoms with van der Waals surface area (Å²) >= 11 is 0.581. The number of aliphatic hydroxyl groups excluding tert-OH is 1. The summed E-state index contributed by atoms with van der Waals surface area (Å²) < 4.78 is 5.71. The van der Waals surface area contributed by atoms with Crippen LogP contribution in [-0.2, 0) is 11.3 Å². The van der Waals surface area contributed by atoms with E-state index in [0.717, 1.165) is 10.6 Å². The molecule has 0 spiro atoms. The van der Waals surface area contributed by atoms with Crippen molar-refractivity contribution in [2.75, 3.05) is 0 Å². The van der Waals surface area contributed by atoms with Crippen LogP contribution in [0, 0.1) is 6.92 Å². The molecular weight excluding hydrogens is 255 g/mol. The normalized spacial score (nSPS) is 25.7. The molecule has 0 amide bonds. The van der Waals surface area contributed by atoms with Gasteiger partial charge in [-0.2, -0.15) is 0 Å². The summed E-state index contributed by atoms with van der Waals surface area (Å²) in [6.07, 6.45) is -0.151. The Morgan fingerprint density at radius 1 is 1.33 bits per heavy atom. The van der Waals surface area contributed by atoms with E-state index in [2.05, 4.69) is 31.2 Å². The molecule has 1 aromatic rings. The van der Waals surface area contributed by atoms with Crippen LogP contribution in [0.5, 0.6) is 0 Å². The Morgan fingerprint density at radius 3 is 2.67 bits per heavy atom. The molecule has 1 aromatic carbocycles. The van der Waals surface area contributed by atoms with E-state index in [4.69, 9.17) is 4.74 Å². The summed E-state index contributed by atoms with van der Waals surface area (Å²) in [6, 6.07) is 8.35. The molecule has 1 aliphatic rings. The second-order valence-corrected chi connectivity index (χ2v) is 6.20. The Hall–Kier alpha value is -0.341. The van der Waals surface area contributed by atoms with Crippen molar-refractivity contribution in [3.05, 3.63) is 35.4 Å². The molecule has 0 aromatic heterocycles. The average molecular weight is 271 g/mol. The molecule has 0 radical (unpaired) electrons. The van der Waals surface area contributed by atoms with E-state index in [0.29, 0.717) is 21.6 Å². The second-order valence-electron chi connectivity index (χ2n) is 3.94. The minimum atomic E-state index is -0.226. The van der Waals surface area contributed by atoms with Gasteiger partial charge >= 0.3 is 96.6 Å². The van der Waals surface area contributed by atoms with Gasteiger partial charge in [-0.25, -0.2) is 0 Å². The maximum absolute atomic E-state index is 9.60. The second kappa shape index (κ2) is 5.13. The third-order valence-electron chi connectivity index (χ3n) is 2.58. The van der Waals surface area contributed by atoms with E-state index in [-0.39, 0.29) is 12.2 Å². The summed E-state index contributed by atoms with van der Waals surface area (Å²) in [7, 11) is 0. The molecule has 2 atom stereocenters. The monoisotopic (exact) mass is 272 g/mol. The topological polar surface area (TPSA) is 29.5 Å². The zero-order valence-corrected chi connectivity index (χ0v) is 10.6. The third kappa shape index (κ3) is 3.05. The van der Waals surface area contributed by atoms with Gasteiger partial charge in [0.1, 0.15) is 0 Å². The van der Waals surface area contributed by atoms with Gasteiger partial charge in [0.15, 0.2) is 0 Å². The summed E-state index contributed by atoms with van der Waals surface area (Å²) in [4.78, 5) is 0. The van der Waals surface area contributed by atoms with Crippen molar-refractivity contribution in [2.24, 2.45) is 0 Å². The van der Waals surface area contributed by atoms with Crippen molar-refractivity contribution in [2.45, 2.75) is 36.4 Å². The van der Waals surface area contributed by atoms with Crippen molar-refractivity contribution in [1.82, 2.24) is 0 Å². The van der Waals surface area contributed by atoms with E-state index >= 15 is 0 Å². The molecule has 1 N–H and O–H groups in total. The van der Waals surface area contributed by atoms with Crippen LogP contribution in [-0.4, -0.2) is 32.3 Å². The number of hydrogen-bond donors (Lipinski definition) is 1. The van der Waals surface area contributed by atoms with E-state index in [9.17, 15) is 5.11 Å². The van der Waals surface area contributed by atoms with Crippen LogP contribution in [0.25, 0.3) is 0 Å². The molecule has 3 heteroatoms. The van der Waals surface area contributed by atoms with E-state index in [1.165, 1.54) is 11.1 Å². The first-order valence-electron chi connectivity index (χ1n) is 5.18. The molecular formula is C12H16O2Se. The first-order chi connectivity index (χ1) is 7.25. The fraction of sp³-hybridized carbons (Fsp3) is 0.500. The zero-order valence-electron chi connectivity index (χ0n) is 8.85. The molecule has 0 bridgehead atoms. The van der Waals surface area contributed by atoms with Gasteiger partial charge in [-0.15, -0.1) is 0 Å². The molecule has 0 saturated carbocycles. The Bertz CT molecular complexity index is 310. The van der Waals surface area contributed by atoms with Gasteiger partial charge in [0.05, 0.1) is 0 Å². The first kappa shape index (κ1) is 11.2. The van der Waals surface area contributed by atoms with Crippen LogP contribution < -0.4 is 0 Å². The molecule has 1 fully saturated rings. The van der Waals surface area contributed by atoms with E-state index < -0.39 is 0 Å². The van der Waals surface area contributed by atoms with Crippen molar-refractivity contribution in [3.8, 4) is 0 Å². The molecule has 1 saturated heterocycles. The number of benzene rings is 1. The average Bonchev–Trinajstić information content (AvgIpc) is 2.63. The third-order valence-corrected chi connectivity index (χ3v) is 4.98. The number of rotatable bonds is 3. The predicted octanol–water partition coefficient (Wildman–Crippen LogP) is 1.80. The predicted molar refractivity (Wildman–Crippen MR) is 61.1 cm³/mol. The maximum atomic E-state index is 9.60. The minimum absolute atomic E-state index is 0.0753. The molecule has 82 valence electrons. The number of ether oxygens (including phenoxy) is 1. The van der Waals surface area contributed by atoms with Crippen LogP contribution in [0.3, 0.4) is 0 Å². The molecule has 0 aliphatic carbocycles. The Labute approximate surface area is 96.8 Å². The van der Waals surface area contributed by atoms with Gasteiger partial charge in [-0.1, -0.05) is 0 Å². The van der Waals surface area contributed by atoms with Crippen molar-refractivity contribution < 1.29 is 9.84 Å². The van der Waals surface area contributed by atoms with Crippen LogP contribution >= 0.6 is 0 Å².